The predicted molar refractivity (Wildman–Crippen MR) is 84.0 cm³/mol. The van der Waals surface area contributed by atoms with Gasteiger partial charge in [-0.15, -0.1) is 11.6 Å². The van der Waals surface area contributed by atoms with Crippen LogP contribution in [0.4, 0.5) is 0 Å². The van der Waals surface area contributed by atoms with Gasteiger partial charge in [0.25, 0.3) is 0 Å². The van der Waals surface area contributed by atoms with E-state index in [4.69, 9.17) is 11.6 Å². The van der Waals surface area contributed by atoms with Gasteiger partial charge in [0.1, 0.15) is 5.82 Å². The van der Waals surface area contributed by atoms with E-state index in [0.717, 1.165) is 33.4 Å². The van der Waals surface area contributed by atoms with E-state index in [1.54, 1.807) is 4.68 Å². The van der Waals surface area contributed by atoms with Crippen LogP contribution in [-0.4, -0.2) is 19.3 Å². The first kappa shape index (κ1) is 13.6. The number of halogens is 2. The van der Waals surface area contributed by atoms with Gasteiger partial charge < -0.3 is 4.57 Å². The molecule has 1 aromatic carbocycles. The van der Waals surface area contributed by atoms with E-state index >= 15 is 0 Å². The van der Waals surface area contributed by atoms with Crippen LogP contribution < -0.4 is 0 Å². The molecule has 0 aliphatic rings. The van der Waals surface area contributed by atoms with Crippen molar-refractivity contribution in [2.75, 3.05) is 0 Å². The zero-order chi connectivity index (χ0) is 14.3. The lowest BCUT2D eigenvalue weighted by molar-refractivity contribution is 0.738. The number of alkyl halides is 1. The van der Waals surface area contributed by atoms with E-state index in [-0.39, 0.29) is 5.38 Å². The third kappa shape index (κ3) is 2.47. The highest BCUT2D eigenvalue weighted by Crippen LogP contribution is 2.27. The van der Waals surface area contributed by atoms with Gasteiger partial charge in [-0.05, 0) is 25.1 Å². The van der Waals surface area contributed by atoms with Crippen LogP contribution in [0.1, 0.15) is 23.7 Å². The van der Waals surface area contributed by atoms with E-state index in [1.165, 1.54) is 0 Å². The molecule has 0 bridgehead atoms. The first-order valence-electron chi connectivity index (χ1n) is 6.32. The van der Waals surface area contributed by atoms with Crippen molar-refractivity contribution in [1.29, 1.82) is 0 Å². The Morgan fingerprint density at radius 3 is 2.85 bits per heavy atom. The van der Waals surface area contributed by atoms with Crippen molar-refractivity contribution >= 4 is 38.6 Å². The van der Waals surface area contributed by atoms with Gasteiger partial charge in [0.2, 0.25) is 0 Å². The minimum absolute atomic E-state index is 0.141. The predicted octanol–water partition coefficient (Wildman–Crippen LogP) is 3.88. The third-order valence-electron chi connectivity index (χ3n) is 3.19. The molecule has 0 amide bonds. The van der Waals surface area contributed by atoms with Crippen molar-refractivity contribution in [1.82, 2.24) is 19.3 Å². The van der Waals surface area contributed by atoms with E-state index in [1.807, 2.05) is 38.5 Å². The lowest BCUT2D eigenvalue weighted by atomic mass is 10.3. The smallest absolute Gasteiger partial charge is 0.128 e. The molecular weight excluding hydrogens is 340 g/mol. The molecule has 4 nitrogen and oxygen atoms in total. The number of hydrogen-bond acceptors (Lipinski definition) is 2. The lowest BCUT2D eigenvalue weighted by Crippen LogP contribution is -2.05. The van der Waals surface area contributed by atoms with Crippen molar-refractivity contribution in [3.63, 3.8) is 0 Å². The van der Waals surface area contributed by atoms with Gasteiger partial charge >= 0.3 is 0 Å². The Morgan fingerprint density at radius 1 is 1.40 bits per heavy atom. The highest BCUT2D eigenvalue weighted by Gasteiger charge is 2.15. The van der Waals surface area contributed by atoms with Gasteiger partial charge in [0.05, 0.1) is 29.2 Å². The number of aromatic nitrogens is 4. The number of aryl methyl sites for hydroxylation is 1. The average molecular weight is 354 g/mol. The molecular formula is C14H14BrClN4. The minimum atomic E-state index is -0.141. The molecule has 6 heteroatoms. The lowest BCUT2D eigenvalue weighted by Gasteiger charge is -2.09. The zero-order valence-corrected chi connectivity index (χ0v) is 13.6. The van der Waals surface area contributed by atoms with Gasteiger partial charge in [-0.25, -0.2) is 4.98 Å². The van der Waals surface area contributed by atoms with Crippen LogP contribution in [0.15, 0.2) is 35.1 Å². The molecule has 0 aliphatic heterocycles. The number of fused-ring (bicyclic) bond motifs is 1. The molecule has 0 fully saturated rings. The second kappa shape index (κ2) is 5.22. The monoisotopic (exact) mass is 352 g/mol. The standard InChI is InChI=1S/C14H14BrClN4/c1-9(16)14-18-12-5-11(15)3-4-13(12)20(14)8-10-6-17-19(2)7-10/h3-7,9H,8H2,1-2H3. The number of benzene rings is 1. The summed E-state index contributed by atoms with van der Waals surface area (Å²) in [5.74, 6) is 0.878. The van der Waals surface area contributed by atoms with E-state index < -0.39 is 0 Å². The van der Waals surface area contributed by atoms with Crippen molar-refractivity contribution in [3.8, 4) is 0 Å². The Kier molecular flexibility index (Phi) is 3.56. The van der Waals surface area contributed by atoms with Crippen molar-refractivity contribution in [3.05, 3.63) is 46.5 Å². The minimum Gasteiger partial charge on any atom is -0.322 e. The summed E-state index contributed by atoms with van der Waals surface area (Å²) in [5, 5.41) is 4.07. The quantitative estimate of drug-likeness (QED) is 0.670. The Labute approximate surface area is 130 Å². The fourth-order valence-corrected chi connectivity index (χ4v) is 2.84. The summed E-state index contributed by atoms with van der Waals surface area (Å²) in [6, 6.07) is 6.09. The van der Waals surface area contributed by atoms with Crippen LogP contribution in [0.25, 0.3) is 11.0 Å². The molecule has 0 saturated carbocycles. The fraction of sp³-hybridized carbons (Fsp3) is 0.286. The van der Waals surface area contributed by atoms with Gasteiger partial charge in [-0.1, -0.05) is 15.9 Å². The second-order valence-electron chi connectivity index (χ2n) is 4.83. The molecule has 0 saturated heterocycles. The van der Waals surface area contributed by atoms with E-state index in [2.05, 4.69) is 36.6 Å². The van der Waals surface area contributed by atoms with Crippen molar-refractivity contribution < 1.29 is 0 Å². The van der Waals surface area contributed by atoms with Gasteiger partial charge in [0.15, 0.2) is 0 Å². The Hall–Kier alpha value is -1.33. The third-order valence-corrected chi connectivity index (χ3v) is 3.88. The SMILES string of the molecule is CC(Cl)c1nc2cc(Br)ccc2n1Cc1cnn(C)c1. The molecule has 20 heavy (non-hydrogen) atoms. The summed E-state index contributed by atoms with van der Waals surface area (Å²) in [7, 11) is 1.91. The van der Waals surface area contributed by atoms with Crippen molar-refractivity contribution in [2.45, 2.75) is 18.8 Å². The normalized spacial score (nSPS) is 13.0. The summed E-state index contributed by atoms with van der Waals surface area (Å²) in [6.07, 6.45) is 3.88. The molecule has 0 aliphatic carbocycles. The zero-order valence-electron chi connectivity index (χ0n) is 11.2. The fourth-order valence-electron chi connectivity index (χ4n) is 2.33. The number of rotatable bonds is 3. The number of nitrogens with zero attached hydrogens (tertiary/aromatic N) is 4. The highest BCUT2D eigenvalue weighted by molar-refractivity contribution is 9.10. The topological polar surface area (TPSA) is 35.6 Å². The number of imidazole rings is 1. The summed E-state index contributed by atoms with van der Waals surface area (Å²) < 4.78 is 4.97. The summed E-state index contributed by atoms with van der Waals surface area (Å²) in [4.78, 5) is 4.65. The average Bonchev–Trinajstić information content (AvgIpc) is 2.94. The van der Waals surface area contributed by atoms with E-state index in [0.29, 0.717) is 0 Å². The van der Waals surface area contributed by atoms with Crippen LogP contribution in [0.5, 0.6) is 0 Å². The van der Waals surface area contributed by atoms with Crippen LogP contribution in [0, 0.1) is 0 Å². The Balaban J connectivity index is 2.13. The first-order valence-corrected chi connectivity index (χ1v) is 7.55. The molecule has 1 unspecified atom stereocenters. The van der Waals surface area contributed by atoms with Crippen LogP contribution in [-0.2, 0) is 13.6 Å². The number of hydrogen-bond donors (Lipinski definition) is 0. The van der Waals surface area contributed by atoms with Gasteiger partial charge in [0, 0.05) is 23.3 Å². The molecule has 0 radical (unpaired) electrons. The molecule has 0 spiro atoms. The summed E-state index contributed by atoms with van der Waals surface area (Å²) >= 11 is 9.75. The maximum atomic E-state index is 6.28. The molecule has 3 rings (SSSR count). The maximum Gasteiger partial charge on any atom is 0.128 e. The molecule has 2 aromatic heterocycles. The van der Waals surface area contributed by atoms with Crippen LogP contribution >= 0.6 is 27.5 Å². The van der Waals surface area contributed by atoms with E-state index in [9.17, 15) is 0 Å². The van der Waals surface area contributed by atoms with Crippen LogP contribution in [0.2, 0.25) is 0 Å². The molecule has 2 heterocycles. The van der Waals surface area contributed by atoms with Gasteiger partial charge in [-0.2, -0.15) is 5.10 Å². The molecule has 3 aromatic rings. The molecule has 1 atom stereocenters. The summed E-state index contributed by atoms with van der Waals surface area (Å²) in [5.41, 5.74) is 3.17. The van der Waals surface area contributed by atoms with Gasteiger partial charge in [-0.3, -0.25) is 4.68 Å². The second-order valence-corrected chi connectivity index (χ2v) is 6.40. The summed E-state index contributed by atoms with van der Waals surface area (Å²) in [6.45, 7) is 2.66. The molecule has 0 N–H and O–H groups in total. The Morgan fingerprint density at radius 2 is 2.20 bits per heavy atom. The Bertz CT molecular complexity index is 760. The van der Waals surface area contributed by atoms with Crippen molar-refractivity contribution in [2.24, 2.45) is 7.05 Å². The van der Waals surface area contributed by atoms with Crippen LogP contribution in [0.3, 0.4) is 0 Å². The first-order chi connectivity index (χ1) is 9.54. The molecule has 104 valence electrons. The highest BCUT2D eigenvalue weighted by atomic mass is 79.9. The maximum absolute atomic E-state index is 6.28. The largest absolute Gasteiger partial charge is 0.322 e.